The molecule has 0 unspecified atom stereocenters. The average Bonchev–Trinajstić information content (AvgIpc) is 2.13. The second-order valence-corrected chi connectivity index (χ2v) is 1.66. The van der Waals surface area contributed by atoms with Crippen LogP contribution in [0.2, 0.25) is 0 Å². The van der Waals surface area contributed by atoms with Crippen molar-refractivity contribution >= 4 is 12.1 Å². The summed E-state index contributed by atoms with van der Waals surface area (Å²) in [4.78, 5) is 7.87. The highest BCUT2D eigenvalue weighted by molar-refractivity contribution is 5.76. The molecule has 2 heteroatoms. The van der Waals surface area contributed by atoms with Gasteiger partial charge >= 0.3 is 0 Å². The molecule has 1 heterocycles. The van der Waals surface area contributed by atoms with E-state index < -0.39 is 0 Å². The standard InChI is InChI=1S/C7H8N2/c1-2-7-6-8-4-3-5-9-7/h3-5H,2H2,1H3. The van der Waals surface area contributed by atoms with Gasteiger partial charge in [0.1, 0.15) is 5.70 Å². The van der Waals surface area contributed by atoms with E-state index in [1.807, 2.05) is 6.92 Å². The van der Waals surface area contributed by atoms with Crippen molar-refractivity contribution in [3.63, 3.8) is 0 Å². The first-order valence-corrected chi connectivity index (χ1v) is 2.94. The van der Waals surface area contributed by atoms with Gasteiger partial charge < -0.3 is 0 Å². The molecule has 2 nitrogen and oxygen atoms in total. The first-order chi connectivity index (χ1) is 4.43. The molecule has 1 rings (SSSR count). The summed E-state index contributed by atoms with van der Waals surface area (Å²) in [6, 6.07) is 0. The van der Waals surface area contributed by atoms with Gasteiger partial charge in [-0.05, 0) is 12.5 Å². The summed E-state index contributed by atoms with van der Waals surface area (Å²) in [6.45, 7) is 2.03. The Morgan fingerprint density at radius 2 is 2.56 bits per heavy atom. The lowest BCUT2D eigenvalue weighted by Gasteiger charge is -1.84. The summed E-state index contributed by atoms with van der Waals surface area (Å²) < 4.78 is 0. The normalized spacial score (nSPS) is 15.4. The SMILES string of the molecule is CCC1=C=NC=CC=N1. The Bertz CT molecular complexity index is 205. The van der Waals surface area contributed by atoms with E-state index in [1.54, 1.807) is 18.5 Å². The van der Waals surface area contributed by atoms with E-state index in [1.165, 1.54) is 0 Å². The summed E-state index contributed by atoms with van der Waals surface area (Å²) >= 11 is 0. The summed E-state index contributed by atoms with van der Waals surface area (Å²) in [7, 11) is 0. The second-order valence-electron chi connectivity index (χ2n) is 1.66. The molecule has 1 aliphatic rings. The highest BCUT2D eigenvalue weighted by Crippen LogP contribution is 1.96. The van der Waals surface area contributed by atoms with Crippen molar-refractivity contribution < 1.29 is 0 Å². The minimum atomic E-state index is 0.891. The van der Waals surface area contributed by atoms with E-state index in [-0.39, 0.29) is 0 Å². The van der Waals surface area contributed by atoms with Gasteiger partial charge in [-0.3, -0.25) is 4.99 Å². The van der Waals surface area contributed by atoms with E-state index in [0.29, 0.717) is 0 Å². The van der Waals surface area contributed by atoms with Crippen LogP contribution in [0, 0.1) is 0 Å². The molecule has 0 N–H and O–H groups in total. The molecule has 0 aliphatic carbocycles. The third-order valence-corrected chi connectivity index (χ3v) is 1.01. The quantitative estimate of drug-likeness (QED) is 0.501. The number of hydrogen-bond donors (Lipinski definition) is 0. The number of allylic oxidation sites excluding steroid dienone is 2. The Balaban J connectivity index is 2.84. The lowest BCUT2D eigenvalue weighted by Crippen LogP contribution is -1.73. The van der Waals surface area contributed by atoms with Crippen molar-refractivity contribution in [2.45, 2.75) is 13.3 Å². The summed E-state index contributed by atoms with van der Waals surface area (Å²) in [5, 5.41) is 0. The average molecular weight is 120 g/mol. The Labute approximate surface area is 54.3 Å². The fraction of sp³-hybridized carbons (Fsp3) is 0.286. The van der Waals surface area contributed by atoms with Gasteiger partial charge in [0.2, 0.25) is 0 Å². The Morgan fingerprint density at radius 3 is 3.33 bits per heavy atom. The van der Waals surface area contributed by atoms with Crippen LogP contribution in [-0.2, 0) is 0 Å². The fourth-order valence-corrected chi connectivity index (χ4v) is 0.526. The smallest absolute Gasteiger partial charge is 0.101 e. The van der Waals surface area contributed by atoms with Crippen molar-refractivity contribution in [1.82, 2.24) is 0 Å². The molecule has 0 atom stereocenters. The van der Waals surface area contributed by atoms with Crippen LogP contribution < -0.4 is 0 Å². The van der Waals surface area contributed by atoms with Gasteiger partial charge in [0.15, 0.2) is 0 Å². The first-order valence-electron chi connectivity index (χ1n) is 2.94. The van der Waals surface area contributed by atoms with E-state index in [0.717, 1.165) is 12.1 Å². The zero-order chi connectivity index (χ0) is 6.53. The third-order valence-electron chi connectivity index (χ3n) is 1.01. The molecule has 46 valence electrons. The Kier molecular flexibility index (Phi) is 2.00. The molecule has 0 saturated heterocycles. The van der Waals surface area contributed by atoms with Crippen LogP contribution >= 0.6 is 0 Å². The molecule has 0 radical (unpaired) electrons. The van der Waals surface area contributed by atoms with Crippen LogP contribution in [0.25, 0.3) is 0 Å². The van der Waals surface area contributed by atoms with Gasteiger partial charge in [0, 0.05) is 18.3 Å². The monoisotopic (exact) mass is 120 g/mol. The largest absolute Gasteiger partial charge is 0.251 e. The molecule has 0 spiro atoms. The summed E-state index contributed by atoms with van der Waals surface area (Å²) in [5.41, 5.74) is 0.903. The van der Waals surface area contributed by atoms with Gasteiger partial charge in [0.25, 0.3) is 0 Å². The predicted octanol–water partition coefficient (Wildman–Crippen LogP) is 1.55. The van der Waals surface area contributed by atoms with Gasteiger partial charge in [-0.1, -0.05) is 6.92 Å². The lowest BCUT2D eigenvalue weighted by molar-refractivity contribution is 1.10. The van der Waals surface area contributed by atoms with Crippen LogP contribution in [-0.4, -0.2) is 12.1 Å². The van der Waals surface area contributed by atoms with Gasteiger partial charge in [-0.15, -0.1) is 0 Å². The Morgan fingerprint density at radius 1 is 1.67 bits per heavy atom. The second kappa shape index (κ2) is 3.00. The molecule has 0 bridgehead atoms. The maximum Gasteiger partial charge on any atom is 0.101 e. The Hall–Kier alpha value is -1.14. The van der Waals surface area contributed by atoms with Crippen molar-refractivity contribution in [3.8, 4) is 0 Å². The molecule has 1 aliphatic heterocycles. The molecule has 9 heavy (non-hydrogen) atoms. The fourth-order valence-electron chi connectivity index (χ4n) is 0.526. The van der Waals surface area contributed by atoms with Gasteiger partial charge in [-0.2, -0.15) is 0 Å². The molecule has 0 aromatic rings. The number of aliphatic imine (C=N–C) groups is 2. The summed E-state index contributed by atoms with van der Waals surface area (Å²) in [5.74, 6) is 2.79. The van der Waals surface area contributed by atoms with E-state index in [4.69, 9.17) is 0 Å². The molecule has 0 saturated carbocycles. The van der Waals surface area contributed by atoms with E-state index in [9.17, 15) is 0 Å². The number of nitrogens with zero attached hydrogens (tertiary/aromatic N) is 2. The zero-order valence-electron chi connectivity index (χ0n) is 5.33. The van der Waals surface area contributed by atoms with Crippen molar-refractivity contribution in [2.24, 2.45) is 9.98 Å². The van der Waals surface area contributed by atoms with Crippen molar-refractivity contribution in [2.75, 3.05) is 0 Å². The van der Waals surface area contributed by atoms with Gasteiger partial charge in [0.05, 0.1) is 0 Å². The van der Waals surface area contributed by atoms with Crippen LogP contribution in [0.15, 0.2) is 28.0 Å². The van der Waals surface area contributed by atoms with Crippen molar-refractivity contribution in [1.29, 1.82) is 0 Å². The molecular formula is C7H8N2. The highest BCUT2D eigenvalue weighted by atomic mass is 14.8. The molecular weight excluding hydrogens is 112 g/mol. The third kappa shape index (κ3) is 1.67. The van der Waals surface area contributed by atoms with Crippen LogP contribution in [0.1, 0.15) is 13.3 Å². The number of rotatable bonds is 1. The van der Waals surface area contributed by atoms with Crippen LogP contribution in [0.5, 0.6) is 0 Å². The van der Waals surface area contributed by atoms with Crippen LogP contribution in [0.3, 0.4) is 0 Å². The first kappa shape index (κ1) is 5.99. The lowest BCUT2D eigenvalue weighted by atomic mass is 10.4. The molecule has 0 aromatic heterocycles. The topological polar surface area (TPSA) is 24.7 Å². The molecule has 0 fully saturated rings. The maximum absolute atomic E-state index is 4.04. The van der Waals surface area contributed by atoms with Gasteiger partial charge in [-0.25, -0.2) is 4.99 Å². The minimum absolute atomic E-state index is 0.891. The molecule has 0 amide bonds. The minimum Gasteiger partial charge on any atom is -0.251 e. The number of hydrogen-bond acceptors (Lipinski definition) is 2. The van der Waals surface area contributed by atoms with Crippen molar-refractivity contribution in [3.05, 3.63) is 18.0 Å². The highest BCUT2D eigenvalue weighted by Gasteiger charge is 1.85. The molecule has 0 aromatic carbocycles. The zero-order valence-corrected chi connectivity index (χ0v) is 5.33. The maximum atomic E-state index is 4.04. The van der Waals surface area contributed by atoms with E-state index in [2.05, 4.69) is 15.9 Å². The van der Waals surface area contributed by atoms with Crippen LogP contribution in [0.4, 0.5) is 0 Å². The summed E-state index contributed by atoms with van der Waals surface area (Å²) in [6.07, 6.45) is 6.08. The predicted molar refractivity (Wildman–Crippen MR) is 38.9 cm³/mol. The van der Waals surface area contributed by atoms with E-state index >= 15 is 0 Å².